The number of alkyl halides is 6. The van der Waals surface area contributed by atoms with Gasteiger partial charge in [0.25, 0.3) is 5.91 Å². The first-order valence-corrected chi connectivity index (χ1v) is 10.6. The minimum atomic E-state index is -4.92. The van der Waals surface area contributed by atoms with E-state index < -0.39 is 47.5 Å². The maximum atomic E-state index is 13.6. The van der Waals surface area contributed by atoms with E-state index in [1.54, 1.807) is 31.2 Å². The van der Waals surface area contributed by atoms with Crippen LogP contribution in [0.3, 0.4) is 0 Å². The largest absolute Gasteiger partial charge is 0.416 e. The van der Waals surface area contributed by atoms with E-state index in [2.05, 4.69) is 10.3 Å². The molecule has 0 saturated carbocycles. The molecule has 1 heterocycles. The van der Waals surface area contributed by atoms with Gasteiger partial charge in [0, 0.05) is 18.2 Å². The van der Waals surface area contributed by atoms with E-state index >= 15 is 0 Å². The quantitative estimate of drug-likeness (QED) is 0.278. The average Bonchev–Trinajstić information content (AvgIpc) is 2.80. The third-order valence-corrected chi connectivity index (χ3v) is 5.28. The highest BCUT2D eigenvalue weighted by Crippen LogP contribution is 2.40. The van der Waals surface area contributed by atoms with Gasteiger partial charge in [-0.1, -0.05) is 42.5 Å². The van der Waals surface area contributed by atoms with Crippen molar-refractivity contribution in [3.8, 4) is 0 Å². The molecule has 0 spiro atoms. The van der Waals surface area contributed by atoms with Gasteiger partial charge in [-0.25, -0.2) is 4.98 Å². The molecule has 36 heavy (non-hydrogen) atoms. The predicted molar refractivity (Wildman–Crippen MR) is 122 cm³/mol. The van der Waals surface area contributed by atoms with Crippen LogP contribution in [0.2, 0.25) is 0 Å². The van der Waals surface area contributed by atoms with Crippen molar-refractivity contribution in [3.63, 3.8) is 0 Å². The number of nitrogens with one attached hydrogen (secondary N) is 1. The number of allylic oxidation sites excluding steroid dienone is 1. The molecule has 3 aromatic rings. The number of hydrogen-bond donors (Lipinski definition) is 1. The molecule has 1 N–H and O–H groups in total. The van der Waals surface area contributed by atoms with Gasteiger partial charge in [0.1, 0.15) is 5.82 Å². The van der Waals surface area contributed by atoms with E-state index in [0.29, 0.717) is 34.6 Å². The molecule has 0 radical (unpaired) electrons. The Kier molecular flexibility index (Phi) is 7.96. The molecule has 0 bridgehead atoms. The number of carbonyl (C=O) groups is 2. The van der Waals surface area contributed by atoms with Gasteiger partial charge in [0.2, 0.25) is 0 Å². The maximum Gasteiger partial charge on any atom is 0.416 e. The van der Waals surface area contributed by atoms with Gasteiger partial charge in [0.05, 0.1) is 11.5 Å². The van der Waals surface area contributed by atoms with Crippen LogP contribution in [0.25, 0.3) is 6.08 Å². The summed E-state index contributed by atoms with van der Waals surface area (Å²) >= 11 is 0. The monoisotopic (exact) mass is 506 g/mol. The van der Waals surface area contributed by atoms with Crippen LogP contribution in [-0.2, 0) is 11.0 Å². The standard InChI is InChI=1S/C26H20F6N2O2/c1-16-13-17(9-11-21(16)24(36)34-23-7-2-3-12-33-23)8-10-20(35)15-22(26(30,31)32)18-5-4-6-19(14-18)25(27,28)29/h2-14,22H,15H2,1H3,(H,33,34,36)/b10-8+. The number of carbonyl (C=O) groups excluding carboxylic acids is 2. The number of hydrogen-bond acceptors (Lipinski definition) is 3. The van der Waals surface area contributed by atoms with Gasteiger partial charge in [-0.15, -0.1) is 0 Å². The maximum absolute atomic E-state index is 13.6. The summed E-state index contributed by atoms with van der Waals surface area (Å²) in [5.41, 5.74) is -0.517. The molecule has 1 unspecified atom stereocenters. The van der Waals surface area contributed by atoms with Crippen LogP contribution in [0.1, 0.15) is 45.0 Å². The second-order valence-corrected chi connectivity index (χ2v) is 7.96. The van der Waals surface area contributed by atoms with Crippen LogP contribution < -0.4 is 5.32 Å². The second-order valence-electron chi connectivity index (χ2n) is 7.96. The van der Waals surface area contributed by atoms with Crippen molar-refractivity contribution in [2.75, 3.05) is 5.32 Å². The smallest absolute Gasteiger partial charge is 0.307 e. The summed E-state index contributed by atoms with van der Waals surface area (Å²) in [5.74, 6) is -3.36. The first-order chi connectivity index (χ1) is 16.8. The van der Waals surface area contributed by atoms with Gasteiger partial charge in [-0.2, -0.15) is 26.3 Å². The van der Waals surface area contributed by atoms with Crippen LogP contribution in [0.5, 0.6) is 0 Å². The molecule has 0 saturated heterocycles. The van der Waals surface area contributed by atoms with Crippen LogP contribution in [0, 0.1) is 6.92 Å². The van der Waals surface area contributed by atoms with Crippen molar-refractivity contribution in [1.82, 2.24) is 4.98 Å². The summed E-state index contributed by atoms with van der Waals surface area (Å²) in [4.78, 5) is 28.8. The Morgan fingerprint density at radius 1 is 0.972 bits per heavy atom. The molecule has 188 valence electrons. The zero-order valence-corrected chi connectivity index (χ0v) is 18.8. The number of pyridine rings is 1. The van der Waals surface area contributed by atoms with Crippen LogP contribution in [-0.4, -0.2) is 22.9 Å². The summed E-state index contributed by atoms with van der Waals surface area (Å²) in [6.45, 7) is 1.65. The lowest BCUT2D eigenvalue weighted by Gasteiger charge is -2.20. The lowest BCUT2D eigenvalue weighted by molar-refractivity contribution is -0.156. The SMILES string of the molecule is Cc1cc(/C=C/C(=O)CC(c2cccc(C(F)(F)F)c2)C(F)(F)F)ccc1C(=O)Nc1ccccn1. The third kappa shape index (κ3) is 7.03. The Bertz CT molecular complexity index is 1270. The van der Waals surface area contributed by atoms with E-state index in [-0.39, 0.29) is 0 Å². The topological polar surface area (TPSA) is 59.1 Å². The lowest BCUT2D eigenvalue weighted by atomic mass is 9.91. The Labute approximate surface area is 202 Å². The Morgan fingerprint density at radius 2 is 1.72 bits per heavy atom. The minimum absolute atomic E-state index is 0.339. The highest BCUT2D eigenvalue weighted by atomic mass is 19.4. The first-order valence-electron chi connectivity index (χ1n) is 10.6. The van der Waals surface area contributed by atoms with Gasteiger partial charge >= 0.3 is 12.4 Å². The molecule has 0 aliphatic rings. The summed E-state index contributed by atoms with van der Waals surface area (Å²) in [5, 5.41) is 2.63. The molecule has 2 aromatic carbocycles. The molecule has 10 heteroatoms. The van der Waals surface area contributed by atoms with Crippen molar-refractivity contribution in [2.45, 2.75) is 31.6 Å². The zero-order chi connectivity index (χ0) is 26.5. The molecule has 0 aliphatic heterocycles. The fourth-order valence-electron chi connectivity index (χ4n) is 3.48. The molecule has 0 fully saturated rings. The number of benzene rings is 2. The number of anilines is 1. The van der Waals surface area contributed by atoms with Crippen molar-refractivity contribution in [3.05, 3.63) is 101 Å². The predicted octanol–water partition coefficient (Wildman–Crippen LogP) is 6.98. The van der Waals surface area contributed by atoms with Crippen molar-refractivity contribution >= 4 is 23.6 Å². The Balaban J connectivity index is 1.73. The normalized spacial score (nSPS) is 13.0. The fraction of sp³-hybridized carbons (Fsp3) is 0.192. The summed E-state index contributed by atoms with van der Waals surface area (Å²) in [6.07, 6.45) is -7.04. The van der Waals surface area contributed by atoms with Crippen molar-refractivity contribution in [2.24, 2.45) is 0 Å². The molecular formula is C26H20F6N2O2. The first kappa shape index (κ1) is 26.7. The van der Waals surface area contributed by atoms with Crippen molar-refractivity contribution in [1.29, 1.82) is 0 Å². The lowest BCUT2D eigenvalue weighted by Crippen LogP contribution is -2.23. The number of nitrogens with zero attached hydrogens (tertiary/aromatic N) is 1. The van der Waals surface area contributed by atoms with Crippen LogP contribution in [0.4, 0.5) is 32.2 Å². The minimum Gasteiger partial charge on any atom is -0.307 e. The number of aryl methyl sites for hydroxylation is 1. The van der Waals surface area contributed by atoms with Gasteiger partial charge in [0.15, 0.2) is 5.78 Å². The number of rotatable bonds is 7. The molecule has 3 rings (SSSR count). The summed E-state index contributed by atoms with van der Waals surface area (Å²) in [7, 11) is 0. The highest BCUT2D eigenvalue weighted by molar-refractivity contribution is 6.05. The number of ketones is 1. The number of aromatic nitrogens is 1. The van der Waals surface area contributed by atoms with Crippen LogP contribution in [0.15, 0.2) is 72.9 Å². The van der Waals surface area contributed by atoms with Crippen molar-refractivity contribution < 1.29 is 35.9 Å². The van der Waals surface area contributed by atoms with Gasteiger partial charge in [-0.3, -0.25) is 9.59 Å². The van der Waals surface area contributed by atoms with E-state index in [4.69, 9.17) is 0 Å². The molecule has 1 amide bonds. The van der Waals surface area contributed by atoms with Gasteiger partial charge < -0.3 is 5.32 Å². The zero-order valence-electron chi connectivity index (χ0n) is 18.8. The second kappa shape index (κ2) is 10.8. The Morgan fingerprint density at radius 3 is 2.33 bits per heavy atom. The highest BCUT2D eigenvalue weighted by Gasteiger charge is 2.42. The van der Waals surface area contributed by atoms with E-state index in [1.165, 1.54) is 24.4 Å². The number of amides is 1. The third-order valence-electron chi connectivity index (χ3n) is 5.28. The Hall–Kier alpha value is -3.95. The average molecular weight is 506 g/mol. The molecule has 0 aliphatic carbocycles. The fourth-order valence-corrected chi connectivity index (χ4v) is 3.48. The molecule has 1 atom stereocenters. The number of halogens is 6. The van der Waals surface area contributed by atoms with E-state index in [0.717, 1.165) is 18.2 Å². The summed E-state index contributed by atoms with van der Waals surface area (Å²) in [6, 6.07) is 12.5. The molecule has 1 aromatic heterocycles. The van der Waals surface area contributed by atoms with Crippen LogP contribution >= 0.6 is 0 Å². The summed E-state index contributed by atoms with van der Waals surface area (Å²) < 4.78 is 79.6. The van der Waals surface area contributed by atoms with E-state index in [1.807, 2.05) is 0 Å². The molecular weight excluding hydrogens is 486 g/mol. The molecule has 4 nitrogen and oxygen atoms in total. The van der Waals surface area contributed by atoms with Gasteiger partial charge in [-0.05, 0) is 54.0 Å². The van der Waals surface area contributed by atoms with E-state index in [9.17, 15) is 35.9 Å².